The second-order valence-electron chi connectivity index (χ2n) is 9.18. The Morgan fingerprint density at radius 3 is 2.30 bits per heavy atom. The first kappa shape index (κ1) is 20.6. The van der Waals surface area contributed by atoms with E-state index < -0.39 is 5.60 Å². The zero-order chi connectivity index (χ0) is 19.1. The van der Waals surface area contributed by atoms with Crippen molar-refractivity contribution in [3.05, 3.63) is 47.0 Å². The summed E-state index contributed by atoms with van der Waals surface area (Å²) in [5.74, 6) is 1.78. The van der Waals surface area contributed by atoms with Gasteiger partial charge in [0.15, 0.2) is 0 Å². The monoisotopic (exact) mass is 368 g/mol. The van der Waals surface area contributed by atoms with Crippen molar-refractivity contribution in [2.75, 3.05) is 0 Å². The maximum Gasteiger partial charge on any atom is 0.0933 e. The second-order valence-corrected chi connectivity index (χ2v) is 9.18. The van der Waals surface area contributed by atoms with Crippen molar-refractivity contribution >= 4 is 0 Å². The average Bonchev–Trinajstić information content (AvgIpc) is 2.70. The van der Waals surface area contributed by atoms with Crippen LogP contribution in [0.1, 0.15) is 102 Å². The molecule has 1 fully saturated rings. The van der Waals surface area contributed by atoms with Gasteiger partial charge in [-0.1, -0.05) is 81.9 Å². The fourth-order valence-corrected chi connectivity index (χ4v) is 5.26. The molecular weight excluding hydrogens is 328 g/mol. The fourth-order valence-electron chi connectivity index (χ4n) is 5.26. The van der Waals surface area contributed by atoms with Gasteiger partial charge in [-0.05, 0) is 74.3 Å². The fraction of sp³-hybridized carbons (Fsp3) is 0.692. The molecule has 1 nitrogen and oxygen atoms in total. The molecule has 1 aromatic carbocycles. The smallest absolute Gasteiger partial charge is 0.0933 e. The maximum atomic E-state index is 11.2. The molecule has 1 atom stereocenters. The molecular formula is C26H40O. The highest BCUT2D eigenvalue weighted by Gasteiger charge is 2.33. The van der Waals surface area contributed by atoms with E-state index in [2.05, 4.69) is 44.2 Å². The Morgan fingerprint density at radius 1 is 0.963 bits per heavy atom. The summed E-state index contributed by atoms with van der Waals surface area (Å²) in [7, 11) is 0. The van der Waals surface area contributed by atoms with Crippen molar-refractivity contribution in [3.63, 3.8) is 0 Å². The van der Waals surface area contributed by atoms with Gasteiger partial charge >= 0.3 is 0 Å². The van der Waals surface area contributed by atoms with Crippen molar-refractivity contribution in [1.29, 1.82) is 0 Å². The van der Waals surface area contributed by atoms with Crippen molar-refractivity contribution < 1.29 is 5.11 Å². The molecule has 1 aromatic rings. The molecule has 0 aliphatic heterocycles. The Morgan fingerprint density at radius 2 is 1.70 bits per heavy atom. The Kier molecular flexibility index (Phi) is 7.58. The van der Waals surface area contributed by atoms with Crippen LogP contribution in [0, 0.1) is 11.8 Å². The number of rotatable bonds is 8. The third kappa shape index (κ3) is 5.47. The molecule has 0 spiro atoms. The number of hydrogen-bond acceptors (Lipinski definition) is 1. The molecule has 2 aliphatic rings. The summed E-state index contributed by atoms with van der Waals surface area (Å²) in [4.78, 5) is 0. The first-order valence-electron chi connectivity index (χ1n) is 11.7. The van der Waals surface area contributed by atoms with Crippen LogP contribution in [0.2, 0.25) is 0 Å². The molecule has 0 bridgehead atoms. The normalized spacial score (nSPS) is 28.8. The summed E-state index contributed by atoms with van der Waals surface area (Å²) in [6.07, 6.45) is 18.7. The zero-order valence-electron chi connectivity index (χ0n) is 17.7. The van der Waals surface area contributed by atoms with Gasteiger partial charge in [0, 0.05) is 0 Å². The van der Waals surface area contributed by atoms with E-state index in [1.54, 1.807) is 5.57 Å². The van der Waals surface area contributed by atoms with E-state index in [-0.39, 0.29) is 0 Å². The number of benzene rings is 1. The minimum absolute atomic E-state index is 0.647. The number of aryl methyl sites for hydroxylation is 1. The summed E-state index contributed by atoms with van der Waals surface area (Å²) in [5.41, 5.74) is 3.49. The van der Waals surface area contributed by atoms with Crippen LogP contribution in [0.4, 0.5) is 0 Å². The maximum absolute atomic E-state index is 11.2. The van der Waals surface area contributed by atoms with E-state index in [1.165, 1.54) is 63.4 Å². The van der Waals surface area contributed by atoms with E-state index in [4.69, 9.17) is 0 Å². The second kappa shape index (κ2) is 9.92. The number of unbranched alkanes of at least 4 members (excludes halogenated alkanes) is 2. The van der Waals surface area contributed by atoms with Gasteiger partial charge in [-0.3, -0.25) is 0 Å². The van der Waals surface area contributed by atoms with Crippen LogP contribution in [-0.2, 0) is 12.0 Å². The van der Waals surface area contributed by atoms with Crippen LogP contribution in [-0.4, -0.2) is 5.11 Å². The van der Waals surface area contributed by atoms with Gasteiger partial charge in [0.1, 0.15) is 0 Å². The summed E-state index contributed by atoms with van der Waals surface area (Å²) < 4.78 is 0. The van der Waals surface area contributed by atoms with Crippen LogP contribution in [0.3, 0.4) is 0 Å². The topological polar surface area (TPSA) is 20.2 Å². The van der Waals surface area contributed by atoms with Crippen molar-refractivity contribution in [2.24, 2.45) is 11.8 Å². The minimum Gasteiger partial charge on any atom is -0.385 e. The average molecular weight is 369 g/mol. The van der Waals surface area contributed by atoms with Crippen LogP contribution in [0.5, 0.6) is 0 Å². The van der Waals surface area contributed by atoms with Gasteiger partial charge in [0.2, 0.25) is 0 Å². The highest BCUT2D eigenvalue weighted by molar-refractivity contribution is 5.30. The highest BCUT2D eigenvalue weighted by atomic mass is 16.3. The summed E-state index contributed by atoms with van der Waals surface area (Å²) in [5, 5.41) is 11.2. The molecule has 0 heterocycles. The lowest BCUT2D eigenvalue weighted by atomic mass is 9.71. The van der Waals surface area contributed by atoms with Gasteiger partial charge in [-0.2, -0.15) is 0 Å². The Labute approximate surface area is 167 Å². The Bertz CT molecular complexity index is 591. The van der Waals surface area contributed by atoms with Crippen molar-refractivity contribution in [1.82, 2.24) is 0 Å². The molecule has 3 rings (SSSR count). The molecule has 1 saturated carbocycles. The molecule has 2 aliphatic carbocycles. The summed E-state index contributed by atoms with van der Waals surface area (Å²) in [6.45, 7) is 4.51. The number of hydrogen-bond donors (Lipinski definition) is 1. The number of allylic oxidation sites excluding steroid dienone is 1. The van der Waals surface area contributed by atoms with Gasteiger partial charge < -0.3 is 5.11 Å². The van der Waals surface area contributed by atoms with E-state index in [0.717, 1.165) is 43.1 Å². The number of aliphatic hydroxyl groups is 1. The lowest BCUT2D eigenvalue weighted by Crippen LogP contribution is -2.29. The lowest BCUT2D eigenvalue weighted by molar-refractivity contribution is 0.0241. The molecule has 150 valence electrons. The minimum atomic E-state index is -0.647. The lowest BCUT2D eigenvalue weighted by Gasteiger charge is -2.36. The predicted octanol–water partition coefficient (Wildman–Crippen LogP) is 7.32. The van der Waals surface area contributed by atoms with Crippen LogP contribution in [0.15, 0.2) is 35.9 Å². The van der Waals surface area contributed by atoms with Crippen LogP contribution >= 0.6 is 0 Å². The van der Waals surface area contributed by atoms with Gasteiger partial charge in [-0.15, -0.1) is 0 Å². The molecule has 0 aromatic heterocycles. The van der Waals surface area contributed by atoms with Gasteiger partial charge in [0.05, 0.1) is 5.60 Å². The third-order valence-corrected chi connectivity index (χ3v) is 7.15. The van der Waals surface area contributed by atoms with Crippen molar-refractivity contribution in [3.8, 4) is 0 Å². The van der Waals surface area contributed by atoms with Gasteiger partial charge in [-0.25, -0.2) is 0 Å². The molecule has 0 amide bonds. The standard InChI is InChI=1S/C26H40O/c1-3-5-6-8-22-9-13-23(14-10-22)24-17-19-26(27,20-18-24)25-15-11-21(7-4-2)12-16-25/h11-12,15-17,22-23,27H,3-10,13-14,18-20H2,1-2H3/t22-,23-,26?. The first-order valence-corrected chi connectivity index (χ1v) is 11.7. The van der Waals surface area contributed by atoms with Gasteiger partial charge in [0.25, 0.3) is 0 Å². The molecule has 0 saturated heterocycles. The van der Waals surface area contributed by atoms with E-state index in [9.17, 15) is 5.11 Å². The molecule has 1 N–H and O–H groups in total. The quantitative estimate of drug-likeness (QED) is 0.376. The van der Waals surface area contributed by atoms with E-state index in [0.29, 0.717) is 0 Å². The molecule has 0 radical (unpaired) electrons. The predicted molar refractivity (Wildman–Crippen MR) is 116 cm³/mol. The molecule has 27 heavy (non-hydrogen) atoms. The SMILES string of the molecule is CCCCC[C@H]1CC[C@H](C2=CCC(O)(c3ccc(CCC)cc3)CC2)CC1. The Balaban J connectivity index is 1.52. The first-order chi connectivity index (χ1) is 13.1. The third-order valence-electron chi connectivity index (χ3n) is 7.15. The summed E-state index contributed by atoms with van der Waals surface area (Å²) in [6, 6.07) is 8.72. The van der Waals surface area contributed by atoms with E-state index >= 15 is 0 Å². The summed E-state index contributed by atoms with van der Waals surface area (Å²) >= 11 is 0. The molecule has 1 heteroatoms. The zero-order valence-corrected chi connectivity index (χ0v) is 17.7. The molecule has 1 unspecified atom stereocenters. The van der Waals surface area contributed by atoms with Crippen LogP contribution in [0.25, 0.3) is 0 Å². The Hall–Kier alpha value is -1.08. The van der Waals surface area contributed by atoms with Crippen LogP contribution < -0.4 is 0 Å². The van der Waals surface area contributed by atoms with Crippen molar-refractivity contribution in [2.45, 2.75) is 103 Å². The van der Waals surface area contributed by atoms with E-state index in [1.807, 2.05) is 0 Å². The highest BCUT2D eigenvalue weighted by Crippen LogP contribution is 2.43. The largest absolute Gasteiger partial charge is 0.385 e.